The maximum atomic E-state index is 13.5. The molecule has 212 valence electrons. The number of hydrogen-bond acceptors (Lipinski definition) is 7. The lowest BCUT2D eigenvalue weighted by atomic mass is 10.0. The predicted octanol–water partition coefficient (Wildman–Crippen LogP) is 4.13. The van der Waals surface area contributed by atoms with Crippen molar-refractivity contribution < 1.29 is 49.1 Å². The first-order chi connectivity index (χ1) is 18.4. The van der Waals surface area contributed by atoms with Gasteiger partial charge in [-0.15, -0.1) is 4.41 Å². The van der Waals surface area contributed by atoms with Crippen molar-refractivity contribution in [1.29, 1.82) is 0 Å². The third-order valence-electron chi connectivity index (χ3n) is 5.49. The first kappa shape index (κ1) is 29.1. The molecule has 2 heterocycles. The first-order valence-electron chi connectivity index (χ1n) is 10.7. The van der Waals surface area contributed by atoms with Gasteiger partial charge in [-0.3, -0.25) is 19.1 Å². The van der Waals surface area contributed by atoms with E-state index in [1.807, 2.05) is 0 Å². The van der Waals surface area contributed by atoms with Crippen molar-refractivity contribution in [3.05, 3.63) is 69.8 Å². The van der Waals surface area contributed by atoms with Crippen LogP contribution in [-0.4, -0.2) is 44.7 Å². The average molecular weight is 608 g/mol. The molecule has 0 aliphatic carbocycles. The van der Waals surface area contributed by atoms with Gasteiger partial charge >= 0.3 is 27.8 Å². The lowest BCUT2D eigenvalue weighted by Crippen LogP contribution is -2.53. The second kappa shape index (κ2) is 9.93. The number of amides is 3. The average Bonchev–Trinajstić information content (AvgIpc) is 3.32. The normalized spacial score (nSPS) is 15.9. The predicted molar refractivity (Wildman–Crippen MR) is 129 cm³/mol. The minimum atomic E-state index is -5.06. The number of nitrogens with two attached hydrogens (primary N) is 1. The van der Waals surface area contributed by atoms with E-state index in [0.717, 1.165) is 17.7 Å². The minimum Gasteiger partial charge on any atom is -0.272 e. The fourth-order valence-electron chi connectivity index (χ4n) is 3.84. The number of benzene rings is 2. The summed E-state index contributed by atoms with van der Waals surface area (Å²) in [4.78, 5) is 36.5. The van der Waals surface area contributed by atoms with Crippen molar-refractivity contribution in [2.45, 2.75) is 25.8 Å². The topological polar surface area (TPSA) is 136 Å². The van der Waals surface area contributed by atoms with Crippen LogP contribution in [0.2, 0.25) is 0 Å². The SMILES string of the molecule is CC(=O)N(N1C(=O)SC(=Cc2ccc3c(cnn3Cc3ccc(C(F)(F)F)cc3C(F)(F)F)c2)C1=O)S(N)(=O)=O. The van der Waals surface area contributed by atoms with Crippen molar-refractivity contribution >= 4 is 56.0 Å². The number of fused-ring (bicyclic) bond motifs is 1. The summed E-state index contributed by atoms with van der Waals surface area (Å²) in [5.74, 6) is -2.35. The number of carbonyl (C=O) groups is 3. The Hall–Kier alpha value is -3.90. The molecule has 0 radical (unpaired) electrons. The number of imide groups is 1. The standard InChI is InChI=1S/C22H15F6N5O5S2/c1-11(34)33(40(29,37)38)32-19(35)18(39-20(32)36)7-12-2-5-17-14(6-12)9-30-31(17)10-13-3-4-15(21(23,24)25)8-16(13)22(26,27)28/h2-9H,10H2,1H3,(H2,29,37,38). The van der Waals surface area contributed by atoms with Crippen molar-refractivity contribution in [1.82, 2.24) is 19.2 Å². The molecule has 1 aliphatic heterocycles. The van der Waals surface area contributed by atoms with E-state index in [1.165, 1.54) is 30.5 Å². The second-order valence-corrected chi connectivity index (χ2v) is 10.7. The van der Waals surface area contributed by atoms with Crippen molar-refractivity contribution in [3.8, 4) is 0 Å². The van der Waals surface area contributed by atoms with Crippen LogP contribution in [0, 0.1) is 0 Å². The van der Waals surface area contributed by atoms with Gasteiger partial charge in [0.25, 0.3) is 11.8 Å². The van der Waals surface area contributed by atoms with Gasteiger partial charge in [0, 0.05) is 12.3 Å². The zero-order chi connectivity index (χ0) is 29.8. The molecule has 0 spiro atoms. The van der Waals surface area contributed by atoms with Crippen LogP contribution in [0.5, 0.6) is 0 Å². The van der Waals surface area contributed by atoms with E-state index in [0.29, 0.717) is 34.3 Å². The Labute approximate surface area is 225 Å². The molecule has 4 rings (SSSR count). The molecule has 1 aliphatic rings. The van der Waals surface area contributed by atoms with Crippen LogP contribution in [-0.2, 0) is 38.7 Å². The molecule has 2 aromatic carbocycles. The quantitative estimate of drug-likeness (QED) is 0.341. The zero-order valence-corrected chi connectivity index (χ0v) is 21.5. The molecule has 1 saturated heterocycles. The molecule has 0 bridgehead atoms. The Morgan fingerprint density at radius 3 is 2.33 bits per heavy atom. The summed E-state index contributed by atoms with van der Waals surface area (Å²) in [7, 11) is -4.79. The maximum absolute atomic E-state index is 13.5. The number of alkyl halides is 6. The summed E-state index contributed by atoms with van der Waals surface area (Å²) < 4.78 is 104. The van der Waals surface area contributed by atoms with Crippen LogP contribution in [0.25, 0.3) is 17.0 Å². The van der Waals surface area contributed by atoms with Crippen LogP contribution in [0.3, 0.4) is 0 Å². The van der Waals surface area contributed by atoms with Gasteiger partial charge in [0.05, 0.1) is 34.3 Å². The van der Waals surface area contributed by atoms with Gasteiger partial charge in [0.15, 0.2) is 0 Å². The highest BCUT2D eigenvalue weighted by Gasteiger charge is 2.44. The Kier molecular flexibility index (Phi) is 7.22. The van der Waals surface area contributed by atoms with Crippen molar-refractivity contribution in [2.24, 2.45) is 5.14 Å². The monoisotopic (exact) mass is 607 g/mol. The van der Waals surface area contributed by atoms with Crippen LogP contribution in [0.4, 0.5) is 31.1 Å². The highest BCUT2D eigenvalue weighted by Crippen LogP contribution is 2.38. The van der Waals surface area contributed by atoms with Crippen molar-refractivity contribution in [2.75, 3.05) is 0 Å². The molecule has 2 N–H and O–H groups in total. The number of rotatable bonds is 5. The molecule has 1 aromatic heterocycles. The van der Waals surface area contributed by atoms with Gasteiger partial charge in [-0.2, -0.15) is 44.9 Å². The maximum Gasteiger partial charge on any atom is 0.416 e. The highest BCUT2D eigenvalue weighted by molar-refractivity contribution is 8.18. The molecule has 0 atom stereocenters. The van der Waals surface area contributed by atoms with Gasteiger partial charge in [-0.25, -0.2) is 5.14 Å². The van der Waals surface area contributed by atoms with Crippen LogP contribution in [0.1, 0.15) is 29.2 Å². The van der Waals surface area contributed by atoms with Crippen LogP contribution < -0.4 is 5.14 Å². The molecule has 1 fully saturated rings. The van der Waals surface area contributed by atoms with E-state index in [-0.39, 0.29) is 20.4 Å². The number of hydrogen-bond donors (Lipinski definition) is 1. The van der Waals surface area contributed by atoms with E-state index in [1.54, 1.807) is 0 Å². The fraction of sp³-hybridized carbons (Fsp3) is 0.182. The smallest absolute Gasteiger partial charge is 0.272 e. The number of hydrazine groups is 1. The zero-order valence-electron chi connectivity index (χ0n) is 19.8. The van der Waals surface area contributed by atoms with Gasteiger partial charge in [-0.1, -0.05) is 12.1 Å². The third kappa shape index (κ3) is 5.68. The Morgan fingerprint density at radius 1 is 1.07 bits per heavy atom. The summed E-state index contributed by atoms with van der Waals surface area (Å²) >= 11 is 0.335. The Morgan fingerprint density at radius 2 is 1.75 bits per heavy atom. The van der Waals surface area contributed by atoms with E-state index >= 15 is 0 Å². The molecular weight excluding hydrogens is 592 g/mol. The Balaban J connectivity index is 1.65. The van der Waals surface area contributed by atoms with Gasteiger partial charge in [0.2, 0.25) is 0 Å². The number of halogens is 6. The van der Waals surface area contributed by atoms with Gasteiger partial charge < -0.3 is 0 Å². The molecule has 18 heteroatoms. The second-order valence-electron chi connectivity index (χ2n) is 8.29. The number of aromatic nitrogens is 2. The molecule has 3 aromatic rings. The fourth-order valence-corrected chi connectivity index (χ4v) is 5.43. The summed E-state index contributed by atoms with van der Waals surface area (Å²) in [6.07, 6.45) is -7.54. The molecule has 0 unspecified atom stereocenters. The van der Waals surface area contributed by atoms with E-state index in [4.69, 9.17) is 5.14 Å². The molecule has 0 saturated carbocycles. The van der Waals surface area contributed by atoms with Gasteiger partial charge in [-0.05, 0) is 53.2 Å². The molecule has 10 nitrogen and oxygen atoms in total. The molecule has 3 amide bonds. The lowest BCUT2D eigenvalue weighted by Gasteiger charge is -2.24. The van der Waals surface area contributed by atoms with Crippen LogP contribution in [0.15, 0.2) is 47.5 Å². The Bertz CT molecular complexity index is 1700. The minimum absolute atomic E-state index is 0.0370. The summed E-state index contributed by atoms with van der Waals surface area (Å²) in [5, 5.41) is 8.29. The van der Waals surface area contributed by atoms with Crippen molar-refractivity contribution in [3.63, 3.8) is 0 Å². The third-order valence-corrected chi connectivity index (χ3v) is 7.25. The van der Waals surface area contributed by atoms with E-state index in [2.05, 4.69) is 5.10 Å². The summed E-state index contributed by atoms with van der Waals surface area (Å²) in [6, 6.07) is 5.60. The number of nitrogens with zero attached hydrogens (tertiary/aromatic N) is 4. The van der Waals surface area contributed by atoms with E-state index < -0.39 is 62.9 Å². The number of thioether (sulfide) groups is 1. The van der Waals surface area contributed by atoms with Crippen LogP contribution >= 0.6 is 11.8 Å². The summed E-state index contributed by atoms with van der Waals surface area (Å²) in [5.41, 5.74) is -2.76. The van der Waals surface area contributed by atoms with Gasteiger partial charge in [0.1, 0.15) is 0 Å². The lowest BCUT2D eigenvalue weighted by molar-refractivity contribution is -0.143. The first-order valence-corrected chi connectivity index (χ1v) is 13.0. The summed E-state index contributed by atoms with van der Waals surface area (Å²) in [6.45, 7) is 0.272. The molecular formula is C22H15F6N5O5S2. The number of carbonyl (C=O) groups excluding carboxylic acids is 3. The highest BCUT2D eigenvalue weighted by atomic mass is 32.2. The largest absolute Gasteiger partial charge is 0.416 e. The molecule has 40 heavy (non-hydrogen) atoms. The van der Waals surface area contributed by atoms with E-state index in [9.17, 15) is 49.1 Å².